The maximum atomic E-state index is 13.8. The van der Waals surface area contributed by atoms with Crippen LogP contribution in [0.25, 0.3) is 0 Å². The molecule has 1 aromatic carbocycles. The third-order valence-electron chi connectivity index (χ3n) is 3.21. The minimum absolute atomic E-state index is 0.208. The lowest BCUT2D eigenvalue weighted by atomic mass is 9.99. The second kappa shape index (κ2) is 8.46. The fourth-order valence-electron chi connectivity index (χ4n) is 2.09. The molecule has 0 spiro atoms. The van der Waals surface area contributed by atoms with Crippen molar-refractivity contribution in [3.05, 3.63) is 34.4 Å². The van der Waals surface area contributed by atoms with Gasteiger partial charge in [0.15, 0.2) is 0 Å². The average Bonchev–Trinajstić information content (AvgIpc) is 2.39. The van der Waals surface area contributed by atoms with Crippen molar-refractivity contribution in [3.8, 4) is 0 Å². The summed E-state index contributed by atoms with van der Waals surface area (Å²) in [5, 5.41) is -0.208. The largest absolute Gasteiger partial charge is 0.271 e. The first kappa shape index (κ1) is 16.3. The van der Waals surface area contributed by atoms with Crippen molar-refractivity contribution in [2.24, 2.45) is 5.84 Å². The zero-order valence-corrected chi connectivity index (χ0v) is 11.9. The zero-order chi connectivity index (χ0) is 14.3. The first-order chi connectivity index (χ1) is 9.10. The summed E-state index contributed by atoms with van der Waals surface area (Å²) in [4.78, 5) is 0. The molecule has 0 radical (unpaired) electrons. The number of benzene rings is 1. The molecular weight excluding hydrogens is 270 g/mol. The van der Waals surface area contributed by atoms with Gasteiger partial charge in [0.05, 0.1) is 5.02 Å². The van der Waals surface area contributed by atoms with Crippen molar-refractivity contribution < 1.29 is 8.78 Å². The predicted octanol–water partition coefficient (Wildman–Crippen LogP) is 4.48. The van der Waals surface area contributed by atoms with Crippen LogP contribution in [0.3, 0.4) is 0 Å². The summed E-state index contributed by atoms with van der Waals surface area (Å²) < 4.78 is 27.1. The number of halogens is 3. The quantitative estimate of drug-likeness (QED) is 0.320. The van der Waals surface area contributed by atoms with Crippen LogP contribution >= 0.6 is 11.6 Å². The van der Waals surface area contributed by atoms with E-state index in [1.54, 1.807) is 0 Å². The Balaban J connectivity index is 2.61. The van der Waals surface area contributed by atoms with Crippen molar-refractivity contribution in [3.63, 3.8) is 0 Å². The molecule has 0 amide bonds. The Labute approximate surface area is 118 Å². The summed E-state index contributed by atoms with van der Waals surface area (Å²) in [5.41, 5.74) is 2.78. The van der Waals surface area contributed by atoms with Crippen LogP contribution in [0.2, 0.25) is 5.02 Å². The van der Waals surface area contributed by atoms with Gasteiger partial charge in [-0.2, -0.15) is 0 Å². The van der Waals surface area contributed by atoms with E-state index in [1.807, 2.05) is 0 Å². The molecule has 0 fully saturated rings. The van der Waals surface area contributed by atoms with E-state index in [9.17, 15) is 8.78 Å². The molecule has 1 rings (SSSR count). The Morgan fingerprint density at radius 3 is 2.47 bits per heavy atom. The van der Waals surface area contributed by atoms with Crippen LogP contribution in [0.1, 0.15) is 57.1 Å². The van der Waals surface area contributed by atoms with Crippen LogP contribution in [0, 0.1) is 11.6 Å². The Morgan fingerprint density at radius 1 is 1.16 bits per heavy atom. The van der Waals surface area contributed by atoms with Gasteiger partial charge < -0.3 is 0 Å². The number of rotatable bonds is 8. The monoisotopic (exact) mass is 290 g/mol. The molecule has 0 aromatic heterocycles. The van der Waals surface area contributed by atoms with Crippen molar-refractivity contribution >= 4 is 11.6 Å². The predicted molar refractivity (Wildman–Crippen MR) is 74.8 cm³/mol. The molecule has 5 heteroatoms. The molecule has 1 aromatic rings. The summed E-state index contributed by atoms with van der Waals surface area (Å²) in [6.45, 7) is 2.15. The number of hydrogen-bond acceptors (Lipinski definition) is 2. The van der Waals surface area contributed by atoms with Crippen LogP contribution in [0.15, 0.2) is 12.1 Å². The van der Waals surface area contributed by atoms with Gasteiger partial charge in [0.25, 0.3) is 0 Å². The molecule has 0 aliphatic carbocycles. The fraction of sp³-hybridized carbons (Fsp3) is 0.571. The minimum atomic E-state index is -0.621. The molecule has 3 N–H and O–H groups in total. The van der Waals surface area contributed by atoms with E-state index in [1.165, 1.54) is 12.8 Å². The topological polar surface area (TPSA) is 38.0 Å². The molecule has 108 valence electrons. The summed E-state index contributed by atoms with van der Waals surface area (Å²) in [5.74, 6) is 4.28. The maximum absolute atomic E-state index is 13.8. The van der Waals surface area contributed by atoms with Crippen LogP contribution in [0.4, 0.5) is 8.78 Å². The van der Waals surface area contributed by atoms with Crippen molar-refractivity contribution in [2.45, 2.75) is 51.5 Å². The van der Waals surface area contributed by atoms with Crippen molar-refractivity contribution in [2.75, 3.05) is 0 Å². The van der Waals surface area contributed by atoms with Crippen molar-refractivity contribution in [1.82, 2.24) is 5.43 Å². The van der Waals surface area contributed by atoms with E-state index < -0.39 is 11.6 Å². The fourth-order valence-corrected chi connectivity index (χ4v) is 2.24. The lowest BCUT2D eigenvalue weighted by molar-refractivity contribution is 0.455. The van der Waals surface area contributed by atoms with Gasteiger partial charge in [0.2, 0.25) is 0 Å². The molecule has 0 heterocycles. The number of hydrogen-bond donors (Lipinski definition) is 2. The van der Waals surface area contributed by atoms with E-state index in [4.69, 9.17) is 17.4 Å². The first-order valence-corrected chi connectivity index (χ1v) is 7.08. The normalized spacial score (nSPS) is 12.7. The molecular formula is C14H21ClF2N2. The highest BCUT2D eigenvalue weighted by Crippen LogP contribution is 2.26. The Hall–Kier alpha value is -0.710. The second-order valence-electron chi connectivity index (χ2n) is 4.71. The Morgan fingerprint density at radius 2 is 1.84 bits per heavy atom. The van der Waals surface area contributed by atoms with Gasteiger partial charge in [0, 0.05) is 11.6 Å². The van der Waals surface area contributed by atoms with Gasteiger partial charge >= 0.3 is 0 Å². The molecule has 0 bridgehead atoms. The van der Waals surface area contributed by atoms with Gasteiger partial charge in [0.1, 0.15) is 11.6 Å². The molecule has 1 atom stereocenters. The zero-order valence-electron chi connectivity index (χ0n) is 11.2. The Kier molecular flexibility index (Phi) is 7.28. The van der Waals surface area contributed by atoms with Crippen LogP contribution < -0.4 is 11.3 Å². The summed E-state index contributed by atoms with van der Waals surface area (Å²) in [6.07, 6.45) is 6.21. The summed E-state index contributed by atoms with van der Waals surface area (Å²) in [7, 11) is 0. The third-order valence-corrected chi connectivity index (χ3v) is 3.50. The highest BCUT2D eigenvalue weighted by atomic mass is 35.5. The first-order valence-electron chi connectivity index (χ1n) is 6.70. The number of unbranched alkanes of at least 4 members (excludes halogenated alkanes) is 4. The SMILES string of the molecule is CCCCCCCC(NN)c1cc(F)c(Cl)cc1F. The van der Waals surface area contributed by atoms with E-state index >= 15 is 0 Å². The second-order valence-corrected chi connectivity index (χ2v) is 5.12. The van der Waals surface area contributed by atoms with Gasteiger partial charge in [-0.05, 0) is 18.6 Å². The van der Waals surface area contributed by atoms with Gasteiger partial charge in [-0.25, -0.2) is 8.78 Å². The smallest absolute Gasteiger partial charge is 0.142 e. The highest BCUT2D eigenvalue weighted by molar-refractivity contribution is 6.30. The molecule has 19 heavy (non-hydrogen) atoms. The standard InChI is InChI=1S/C14H21ClF2N2/c1-2-3-4-5-6-7-14(19-18)10-8-13(17)11(15)9-12(10)16/h8-9,14,19H,2-7,18H2,1H3. The third kappa shape index (κ3) is 5.05. The van der Waals surface area contributed by atoms with Crippen molar-refractivity contribution in [1.29, 1.82) is 0 Å². The maximum Gasteiger partial charge on any atom is 0.142 e. The highest BCUT2D eigenvalue weighted by Gasteiger charge is 2.17. The Bertz CT molecular complexity index is 399. The van der Waals surface area contributed by atoms with Gasteiger partial charge in [-0.1, -0.05) is 50.6 Å². The number of hydrazine groups is 1. The van der Waals surface area contributed by atoms with Crippen LogP contribution in [0.5, 0.6) is 0 Å². The van der Waals surface area contributed by atoms with Gasteiger partial charge in [-0.15, -0.1) is 0 Å². The van der Waals surface area contributed by atoms with Crippen LogP contribution in [-0.2, 0) is 0 Å². The van der Waals surface area contributed by atoms with E-state index in [2.05, 4.69) is 12.3 Å². The van der Waals surface area contributed by atoms with E-state index in [0.29, 0.717) is 6.42 Å². The molecule has 2 nitrogen and oxygen atoms in total. The number of nitrogens with one attached hydrogen (secondary N) is 1. The molecule has 0 aliphatic rings. The summed E-state index contributed by atoms with van der Waals surface area (Å²) >= 11 is 5.53. The molecule has 1 unspecified atom stereocenters. The minimum Gasteiger partial charge on any atom is -0.271 e. The van der Waals surface area contributed by atoms with Gasteiger partial charge in [-0.3, -0.25) is 11.3 Å². The lowest BCUT2D eigenvalue weighted by Crippen LogP contribution is -2.28. The number of nitrogens with two attached hydrogens (primary N) is 1. The summed E-state index contributed by atoms with van der Waals surface area (Å²) in [6, 6.07) is 1.73. The average molecular weight is 291 g/mol. The molecule has 0 saturated carbocycles. The molecule has 0 saturated heterocycles. The lowest BCUT2D eigenvalue weighted by Gasteiger charge is -2.17. The van der Waals surface area contributed by atoms with Crippen LogP contribution in [-0.4, -0.2) is 0 Å². The van der Waals surface area contributed by atoms with E-state index in [-0.39, 0.29) is 16.6 Å². The molecule has 0 aliphatic heterocycles. The van der Waals surface area contributed by atoms with E-state index in [0.717, 1.165) is 31.4 Å².